The molecule has 2 aromatic rings. The molecule has 3 rings (SSSR count). The van der Waals surface area contributed by atoms with Gasteiger partial charge in [0.2, 0.25) is 0 Å². The highest BCUT2D eigenvalue weighted by Gasteiger charge is 2.32. The molecule has 1 aliphatic carbocycles. The molecule has 0 saturated heterocycles. The van der Waals surface area contributed by atoms with Crippen LogP contribution in [0.15, 0.2) is 46.4 Å². The number of Topliss-reactive ketones (excluding diaryl/α,β-unsaturated/α-hetero) is 2. The smallest absolute Gasteiger partial charge is 0.197 e. The molecule has 0 heterocycles. The Morgan fingerprint density at radius 3 is 2.19 bits per heavy atom. The molecule has 5 heteroatoms. The number of halogens is 1. The van der Waals surface area contributed by atoms with Gasteiger partial charge < -0.3 is 9.47 Å². The summed E-state index contributed by atoms with van der Waals surface area (Å²) >= 11 is 3.52. The van der Waals surface area contributed by atoms with E-state index in [4.69, 9.17) is 9.47 Å². The van der Waals surface area contributed by atoms with Crippen molar-refractivity contribution in [3.63, 3.8) is 0 Å². The van der Waals surface area contributed by atoms with Gasteiger partial charge in [0.05, 0.1) is 18.8 Å². The molecule has 0 unspecified atom stereocenters. The molecule has 2 aromatic carbocycles. The van der Waals surface area contributed by atoms with E-state index < -0.39 is 0 Å². The quantitative estimate of drug-likeness (QED) is 0.332. The summed E-state index contributed by atoms with van der Waals surface area (Å²) in [6.07, 6.45) is 3.61. The largest absolute Gasteiger partial charge is 0.490 e. The number of carbonyl (C=O) groups is 2. The Balaban J connectivity index is 1.97. The normalized spacial score (nSPS) is 12.9. The molecule has 140 valence electrons. The van der Waals surface area contributed by atoms with Crippen LogP contribution in [0.2, 0.25) is 0 Å². The van der Waals surface area contributed by atoms with Crippen molar-refractivity contribution in [1.82, 2.24) is 0 Å². The van der Waals surface area contributed by atoms with Crippen LogP contribution in [0.3, 0.4) is 0 Å². The molecule has 1 aliphatic rings. The van der Waals surface area contributed by atoms with Gasteiger partial charge in [-0.3, -0.25) is 9.59 Å². The number of carbonyl (C=O) groups excluding carboxylic acids is 2. The van der Waals surface area contributed by atoms with Gasteiger partial charge >= 0.3 is 0 Å². The number of benzene rings is 2. The van der Waals surface area contributed by atoms with Gasteiger partial charge in [-0.15, -0.1) is 0 Å². The third kappa shape index (κ3) is 3.98. The van der Waals surface area contributed by atoms with E-state index in [1.165, 1.54) is 0 Å². The fraction of sp³-hybridized carbons (Fsp3) is 0.273. The molecule has 0 N–H and O–H groups in total. The Labute approximate surface area is 167 Å². The predicted octanol–water partition coefficient (Wildman–Crippen LogP) is 5.49. The second-order valence-electron chi connectivity index (χ2n) is 6.22. The summed E-state index contributed by atoms with van der Waals surface area (Å²) in [6.45, 7) is 5.10. The van der Waals surface area contributed by atoms with Crippen LogP contribution in [0.1, 0.15) is 53.0 Å². The number of fused-ring (bicyclic) bond motifs is 1. The third-order valence-electron chi connectivity index (χ3n) is 4.32. The fourth-order valence-corrected chi connectivity index (χ4v) is 3.36. The topological polar surface area (TPSA) is 52.6 Å². The van der Waals surface area contributed by atoms with Gasteiger partial charge in [0, 0.05) is 15.6 Å². The number of unbranched alkanes of at least 4 members (excludes halogenated alkanes) is 1. The van der Waals surface area contributed by atoms with Crippen LogP contribution in [0.25, 0.3) is 6.08 Å². The van der Waals surface area contributed by atoms with Crippen molar-refractivity contribution in [2.24, 2.45) is 0 Å². The summed E-state index contributed by atoms with van der Waals surface area (Å²) in [6, 6.07) is 10.5. The number of hydrogen-bond donors (Lipinski definition) is 0. The Morgan fingerprint density at radius 2 is 1.59 bits per heavy atom. The van der Waals surface area contributed by atoms with Crippen molar-refractivity contribution in [2.45, 2.75) is 26.7 Å². The third-order valence-corrected chi connectivity index (χ3v) is 5.01. The van der Waals surface area contributed by atoms with Crippen LogP contribution in [0, 0.1) is 0 Å². The first-order chi connectivity index (χ1) is 13.1. The predicted molar refractivity (Wildman–Crippen MR) is 109 cm³/mol. The van der Waals surface area contributed by atoms with Crippen molar-refractivity contribution >= 4 is 33.6 Å². The molecule has 0 radical (unpaired) electrons. The van der Waals surface area contributed by atoms with Gasteiger partial charge in [-0.25, -0.2) is 0 Å². The molecule has 0 saturated carbocycles. The first-order valence-electron chi connectivity index (χ1n) is 9.06. The van der Waals surface area contributed by atoms with Gasteiger partial charge in [-0.2, -0.15) is 0 Å². The molecule has 0 atom stereocenters. The van der Waals surface area contributed by atoms with Gasteiger partial charge in [0.1, 0.15) is 0 Å². The standard InChI is InChI=1S/C22H21BrO4/c1-3-5-10-27-20-13-18(23)14(12-19(20)26-4-2)11-17-21(24)15-8-6-7-9-16(15)22(17)25/h6-9,11-13H,3-5,10H2,1-2H3. The Bertz CT molecular complexity index is 878. The Kier molecular flexibility index (Phi) is 6.11. The second-order valence-corrected chi connectivity index (χ2v) is 7.07. The van der Waals surface area contributed by atoms with E-state index in [0.29, 0.717) is 41.4 Å². The van der Waals surface area contributed by atoms with Crippen molar-refractivity contribution in [1.29, 1.82) is 0 Å². The summed E-state index contributed by atoms with van der Waals surface area (Å²) in [5.74, 6) is 0.748. The lowest BCUT2D eigenvalue weighted by Crippen LogP contribution is -2.03. The maximum Gasteiger partial charge on any atom is 0.197 e. The van der Waals surface area contributed by atoms with E-state index in [1.54, 1.807) is 36.4 Å². The highest BCUT2D eigenvalue weighted by molar-refractivity contribution is 9.10. The van der Waals surface area contributed by atoms with Crippen molar-refractivity contribution in [3.05, 3.63) is 63.1 Å². The molecule has 0 bridgehead atoms. The van der Waals surface area contributed by atoms with Crippen LogP contribution >= 0.6 is 15.9 Å². The molecule has 4 nitrogen and oxygen atoms in total. The molecular formula is C22H21BrO4. The second kappa shape index (κ2) is 8.53. The zero-order chi connectivity index (χ0) is 19.4. The fourth-order valence-electron chi connectivity index (χ4n) is 2.93. The number of allylic oxidation sites excluding steroid dienone is 1. The molecule has 0 spiro atoms. The monoisotopic (exact) mass is 428 g/mol. The molecule has 27 heavy (non-hydrogen) atoms. The van der Waals surface area contributed by atoms with E-state index in [2.05, 4.69) is 22.9 Å². The summed E-state index contributed by atoms with van der Waals surface area (Å²) in [5.41, 5.74) is 1.77. The molecular weight excluding hydrogens is 408 g/mol. The Morgan fingerprint density at radius 1 is 0.963 bits per heavy atom. The van der Waals surface area contributed by atoms with E-state index in [0.717, 1.165) is 17.3 Å². The average molecular weight is 429 g/mol. The lowest BCUT2D eigenvalue weighted by atomic mass is 10.1. The summed E-state index contributed by atoms with van der Waals surface area (Å²) in [4.78, 5) is 25.2. The van der Waals surface area contributed by atoms with E-state index in [1.807, 2.05) is 13.0 Å². The molecule has 0 aliphatic heterocycles. The number of rotatable bonds is 7. The summed E-state index contributed by atoms with van der Waals surface area (Å²) < 4.78 is 12.3. The Hall–Kier alpha value is -2.40. The highest BCUT2D eigenvalue weighted by atomic mass is 79.9. The van der Waals surface area contributed by atoms with Crippen LogP contribution in [0.4, 0.5) is 0 Å². The SMILES string of the molecule is CCCCOc1cc(Br)c(C=C2C(=O)c3ccccc3C2=O)cc1OCC. The number of hydrogen-bond acceptors (Lipinski definition) is 4. The molecule has 0 amide bonds. The first kappa shape index (κ1) is 19.4. The minimum absolute atomic E-state index is 0.166. The van der Waals surface area contributed by atoms with Crippen molar-refractivity contribution < 1.29 is 19.1 Å². The van der Waals surface area contributed by atoms with Crippen LogP contribution in [0.5, 0.6) is 11.5 Å². The zero-order valence-electron chi connectivity index (χ0n) is 15.4. The number of ketones is 2. The van der Waals surface area contributed by atoms with Crippen molar-refractivity contribution in [2.75, 3.05) is 13.2 Å². The molecule has 0 aromatic heterocycles. The van der Waals surface area contributed by atoms with Crippen LogP contribution in [-0.4, -0.2) is 24.8 Å². The van der Waals surface area contributed by atoms with E-state index in [9.17, 15) is 9.59 Å². The first-order valence-corrected chi connectivity index (χ1v) is 9.85. The van der Waals surface area contributed by atoms with Crippen LogP contribution in [-0.2, 0) is 0 Å². The van der Waals surface area contributed by atoms with E-state index in [-0.39, 0.29) is 17.1 Å². The summed E-state index contributed by atoms with van der Waals surface area (Å²) in [5, 5.41) is 0. The lowest BCUT2D eigenvalue weighted by molar-refractivity contribution is 0.0990. The minimum Gasteiger partial charge on any atom is -0.490 e. The molecule has 0 fully saturated rings. The van der Waals surface area contributed by atoms with Gasteiger partial charge in [-0.05, 0) is 37.1 Å². The van der Waals surface area contributed by atoms with Gasteiger partial charge in [0.15, 0.2) is 23.1 Å². The minimum atomic E-state index is -0.247. The average Bonchev–Trinajstić information content (AvgIpc) is 2.90. The van der Waals surface area contributed by atoms with Crippen LogP contribution < -0.4 is 9.47 Å². The maximum absolute atomic E-state index is 12.6. The zero-order valence-corrected chi connectivity index (χ0v) is 17.0. The van der Waals surface area contributed by atoms with Gasteiger partial charge in [0.25, 0.3) is 0 Å². The van der Waals surface area contributed by atoms with Gasteiger partial charge in [-0.1, -0.05) is 53.5 Å². The number of ether oxygens (including phenoxy) is 2. The van der Waals surface area contributed by atoms with E-state index >= 15 is 0 Å². The lowest BCUT2D eigenvalue weighted by Gasteiger charge is -2.14. The maximum atomic E-state index is 12.6. The highest BCUT2D eigenvalue weighted by Crippen LogP contribution is 2.36. The summed E-state index contributed by atoms with van der Waals surface area (Å²) in [7, 11) is 0. The van der Waals surface area contributed by atoms with Crippen molar-refractivity contribution in [3.8, 4) is 11.5 Å².